The normalized spacial score (nSPS) is 12.8. The number of rotatable bonds is 4. The molecule has 0 bridgehead atoms. The molecule has 0 radical (unpaired) electrons. The molecule has 28 heavy (non-hydrogen) atoms. The lowest BCUT2D eigenvalue weighted by Gasteiger charge is -2.19. The van der Waals surface area contributed by atoms with Crippen molar-refractivity contribution >= 4 is 5.97 Å². The first-order valence-electron chi connectivity index (χ1n) is 7.85. The van der Waals surface area contributed by atoms with Crippen LogP contribution in [0.25, 0.3) is 5.69 Å². The second kappa shape index (κ2) is 7.36. The highest BCUT2D eigenvalue weighted by Crippen LogP contribution is 2.37. The molecule has 0 saturated heterocycles. The molecule has 0 spiro atoms. The molecule has 0 saturated carbocycles. The van der Waals surface area contributed by atoms with Crippen molar-refractivity contribution in [1.29, 1.82) is 0 Å². The van der Waals surface area contributed by atoms with Crippen LogP contribution in [0.2, 0.25) is 0 Å². The molecule has 1 aromatic carbocycles. The van der Waals surface area contributed by atoms with E-state index >= 15 is 0 Å². The fourth-order valence-corrected chi connectivity index (χ4v) is 2.10. The molecule has 11 heteroatoms. The van der Waals surface area contributed by atoms with Crippen molar-refractivity contribution in [3.05, 3.63) is 41.6 Å². The van der Waals surface area contributed by atoms with E-state index in [-0.39, 0.29) is 11.9 Å². The zero-order chi connectivity index (χ0) is 21.3. The van der Waals surface area contributed by atoms with Gasteiger partial charge in [0.1, 0.15) is 5.60 Å². The van der Waals surface area contributed by atoms with Gasteiger partial charge in [0.2, 0.25) is 5.88 Å². The summed E-state index contributed by atoms with van der Waals surface area (Å²) in [7, 11) is 0. The summed E-state index contributed by atoms with van der Waals surface area (Å²) in [5.41, 5.74) is -4.14. The fraction of sp³-hybridized carbons (Fsp3) is 0.412. The Hall–Kier alpha value is -2.72. The van der Waals surface area contributed by atoms with Gasteiger partial charge in [0.25, 0.3) is 0 Å². The number of hydrogen-bond acceptors (Lipinski definition) is 4. The summed E-state index contributed by atoms with van der Waals surface area (Å²) in [5.74, 6) is -0.877. The van der Waals surface area contributed by atoms with Crippen molar-refractivity contribution in [1.82, 2.24) is 9.78 Å². The molecule has 0 unspecified atom stereocenters. The molecule has 2 aromatic rings. The number of carbonyl (C=O) groups excluding carboxylic acids is 1. The zero-order valence-corrected chi connectivity index (χ0v) is 15.0. The average molecular weight is 410 g/mol. The van der Waals surface area contributed by atoms with Gasteiger partial charge in [-0.25, -0.2) is 9.48 Å². The third-order valence-electron chi connectivity index (χ3n) is 3.16. The van der Waals surface area contributed by atoms with Crippen LogP contribution in [0.4, 0.5) is 26.3 Å². The SMILES string of the molecule is CC(C)(C)OC(=O)COc1ccn(-c2cc(C(F)(F)F)cc(C(F)(F)F)c2)n1. The van der Waals surface area contributed by atoms with Crippen LogP contribution in [0.1, 0.15) is 31.9 Å². The largest absolute Gasteiger partial charge is 0.465 e. The van der Waals surface area contributed by atoms with Crippen LogP contribution in [-0.2, 0) is 21.9 Å². The molecular formula is C17H16F6N2O3. The van der Waals surface area contributed by atoms with E-state index < -0.39 is 47.3 Å². The van der Waals surface area contributed by atoms with Gasteiger partial charge in [0.15, 0.2) is 6.61 Å². The van der Waals surface area contributed by atoms with E-state index in [1.807, 2.05) is 0 Å². The van der Waals surface area contributed by atoms with Crippen LogP contribution >= 0.6 is 0 Å². The van der Waals surface area contributed by atoms with Crippen LogP contribution < -0.4 is 4.74 Å². The number of hydrogen-bond donors (Lipinski definition) is 0. The lowest BCUT2D eigenvalue weighted by atomic mass is 10.1. The van der Waals surface area contributed by atoms with E-state index in [4.69, 9.17) is 9.47 Å². The molecule has 0 aliphatic carbocycles. The summed E-state index contributed by atoms with van der Waals surface area (Å²) < 4.78 is 88.4. The number of aromatic nitrogens is 2. The quantitative estimate of drug-likeness (QED) is 0.545. The molecule has 1 heterocycles. The smallest absolute Gasteiger partial charge is 0.416 e. The molecule has 0 fully saturated rings. The highest BCUT2D eigenvalue weighted by atomic mass is 19.4. The minimum absolute atomic E-state index is 0.0207. The molecule has 5 nitrogen and oxygen atoms in total. The van der Waals surface area contributed by atoms with Crippen LogP contribution in [0.3, 0.4) is 0 Å². The van der Waals surface area contributed by atoms with Gasteiger partial charge in [-0.05, 0) is 39.0 Å². The Morgan fingerprint density at radius 3 is 2.00 bits per heavy atom. The lowest BCUT2D eigenvalue weighted by molar-refractivity contribution is -0.157. The molecule has 0 aliphatic rings. The third kappa shape index (κ3) is 5.89. The van der Waals surface area contributed by atoms with E-state index in [1.54, 1.807) is 20.8 Å². The first-order chi connectivity index (χ1) is 12.6. The Kier molecular flexibility index (Phi) is 5.67. The Morgan fingerprint density at radius 1 is 1.00 bits per heavy atom. The van der Waals surface area contributed by atoms with Crippen molar-refractivity contribution in [2.75, 3.05) is 6.61 Å². The van der Waals surface area contributed by atoms with Crippen LogP contribution in [0, 0.1) is 0 Å². The van der Waals surface area contributed by atoms with E-state index in [1.165, 1.54) is 6.07 Å². The number of alkyl halides is 6. The number of benzene rings is 1. The maximum Gasteiger partial charge on any atom is 0.416 e. The standard InChI is InChI=1S/C17H16F6N2O3/c1-15(2,3)28-14(26)9-27-13-4-5-25(24-13)12-7-10(16(18,19)20)6-11(8-12)17(21,22)23/h4-8H,9H2,1-3H3. The molecule has 1 aromatic heterocycles. The summed E-state index contributed by atoms with van der Waals surface area (Å²) in [6.45, 7) is 4.41. The number of nitrogens with zero attached hydrogens (tertiary/aromatic N) is 2. The third-order valence-corrected chi connectivity index (χ3v) is 3.16. The van der Waals surface area contributed by atoms with E-state index in [0.29, 0.717) is 12.1 Å². The van der Waals surface area contributed by atoms with Crippen molar-refractivity contribution in [2.24, 2.45) is 0 Å². The topological polar surface area (TPSA) is 53.4 Å². The van der Waals surface area contributed by atoms with Crippen molar-refractivity contribution < 1.29 is 40.6 Å². The number of carbonyl (C=O) groups is 1. The molecule has 0 atom stereocenters. The Balaban J connectivity index is 2.25. The van der Waals surface area contributed by atoms with Gasteiger partial charge < -0.3 is 9.47 Å². The van der Waals surface area contributed by atoms with Gasteiger partial charge in [0, 0.05) is 12.3 Å². The molecule has 2 rings (SSSR count). The number of halogens is 6. The maximum atomic E-state index is 12.9. The van der Waals surface area contributed by atoms with E-state index in [2.05, 4.69) is 5.10 Å². The van der Waals surface area contributed by atoms with Gasteiger partial charge >= 0.3 is 18.3 Å². The van der Waals surface area contributed by atoms with Gasteiger partial charge in [-0.15, -0.1) is 5.10 Å². The molecule has 0 N–H and O–H groups in total. The van der Waals surface area contributed by atoms with Crippen LogP contribution in [0.5, 0.6) is 5.88 Å². The lowest BCUT2D eigenvalue weighted by Crippen LogP contribution is -2.27. The van der Waals surface area contributed by atoms with Crippen molar-refractivity contribution in [2.45, 2.75) is 38.7 Å². The first kappa shape index (κ1) is 21.6. The monoisotopic (exact) mass is 410 g/mol. The highest BCUT2D eigenvalue weighted by molar-refractivity contribution is 5.71. The highest BCUT2D eigenvalue weighted by Gasteiger charge is 2.37. The summed E-state index contributed by atoms with van der Waals surface area (Å²) in [5, 5.41) is 3.75. The van der Waals surface area contributed by atoms with Crippen molar-refractivity contribution in [3.8, 4) is 11.6 Å². The predicted molar refractivity (Wildman–Crippen MR) is 84.9 cm³/mol. The molecule has 0 amide bonds. The second-order valence-corrected chi connectivity index (χ2v) is 6.74. The number of ether oxygens (including phenoxy) is 2. The summed E-state index contributed by atoms with van der Waals surface area (Å²) >= 11 is 0. The molecule has 154 valence electrons. The number of esters is 1. The minimum Gasteiger partial charge on any atom is -0.465 e. The maximum absolute atomic E-state index is 12.9. The molecular weight excluding hydrogens is 394 g/mol. The van der Waals surface area contributed by atoms with Gasteiger partial charge in [-0.3, -0.25) is 0 Å². The van der Waals surface area contributed by atoms with Crippen LogP contribution in [-0.4, -0.2) is 28.0 Å². The summed E-state index contributed by atoms with van der Waals surface area (Å²) in [6, 6.07) is 2.27. The minimum atomic E-state index is -4.97. The van der Waals surface area contributed by atoms with Gasteiger partial charge in [-0.1, -0.05) is 0 Å². The summed E-state index contributed by atoms with van der Waals surface area (Å²) in [6.07, 6.45) is -8.83. The molecule has 0 aliphatic heterocycles. The average Bonchev–Trinajstić information content (AvgIpc) is 2.98. The van der Waals surface area contributed by atoms with Crippen LogP contribution in [0.15, 0.2) is 30.5 Å². The zero-order valence-electron chi connectivity index (χ0n) is 15.0. The summed E-state index contributed by atoms with van der Waals surface area (Å²) in [4.78, 5) is 11.6. The van der Waals surface area contributed by atoms with Gasteiger partial charge in [-0.2, -0.15) is 26.3 Å². The second-order valence-electron chi connectivity index (χ2n) is 6.74. The Labute approximate surface area is 155 Å². The Morgan fingerprint density at radius 2 is 1.54 bits per heavy atom. The first-order valence-corrected chi connectivity index (χ1v) is 7.85. The fourth-order valence-electron chi connectivity index (χ4n) is 2.10. The van der Waals surface area contributed by atoms with Crippen molar-refractivity contribution in [3.63, 3.8) is 0 Å². The Bertz CT molecular complexity index is 818. The predicted octanol–water partition coefficient (Wildman–Crippen LogP) is 4.63. The van der Waals surface area contributed by atoms with E-state index in [0.717, 1.165) is 10.9 Å². The van der Waals surface area contributed by atoms with Gasteiger partial charge in [0.05, 0.1) is 16.8 Å². The van der Waals surface area contributed by atoms with E-state index in [9.17, 15) is 31.1 Å².